The molecule has 1 aliphatic rings. The number of nitrogens with zero attached hydrogens (tertiary/aromatic N) is 3. The molecule has 7 heteroatoms. The van der Waals surface area contributed by atoms with Gasteiger partial charge in [0.25, 0.3) is 5.91 Å². The van der Waals surface area contributed by atoms with E-state index in [9.17, 15) is 4.79 Å². The third-order valence-electron chi connectivity index (χ3n) is 5.10. The number of hydrazone groups is 1. The molecule has 0 aromatic heterocycles. The molecule has 0 spiro atoms. The summed E-state index contributed by atoms with van der Waals surface area (Å²) in [5, 5.41) is 6.87. The normalized spacial score (nSPS) is 16.1. The Balaban J connectivity index is 2.01. The first-order valence-electron chi connectivity index (χ1n) is 9.53. The van der Waals surface area contributed by atoms with Gasteiger partial charge in [0.05, 0.1) is 32.5 Å². The molecular formula is C22H26ClN3O3. The molecule has 3 rings (SSSR count). The first-order valence-corrected chi connectivity index (χ1v) is 9.91. The van der Waals surface area contributed by atoms with Crippen molar-refractivity contribution in [3.8, 4) is 11.5 Å². The van der Waals surface area contributed by atoms with E-state index in [0.717, 1.165) is 23.4 Å². The second kappa shape index (κ2) is 9.29. The van der Waals surface area contributed by atoms with Gasteiger partial charge in [-0.05, 0) is 31.8 Å². The summed E-state index contributed by atoms with van der Waals surface area (Å²) in [5.74, 6) is 1.28. The van der Waals surface area contributed by atoms with Crippen LogP contribution in [0.4, 0.5) is 0 Å². The van der Waals surface area contributed by atoms with E-state index >= 15 is 0 Å². The fourth-order valence-electron chi connectivity index (χ4n) is 3.35. The molecule has 1 heterocycles. The van der Waals surface area contributed by atoms with Crippen LogP contribution in [0.15, 0.2) is 47.6 Å². The first-order chi connectivity index (χ1) is 14.0. The molecule has 1 aliphatic heterocycles. The van der Waals surface area contributed by atoms with Crippen LogP contribution in [0.3, 0.4) is 0 Å². The average molecular weight is 416 g/mol. The largest absolute Gasteiger partial charge is 0.497 e. The van der Waals surface area contributed by atoms with E-state index < -0.39 is 0 Å². The number of carbonyl (C=O) groups excluding carboxylic acids is 1. The van der Waals surface area contributed by atoms with Gasteiger partial charge in [0, 0.05) is 28.6 Å². The molecule has 29 heavy (non-hydrogen) atoms. The molecule has 0 radical (unpaired) electrons. The van der Waals surface area contributed by atoms with Gasteiger partial charge in [0.15, 0.2) is 0 Å². The number of benzene rings is 2. The maximum Gasteiger partial charge on any atom is 0.257 e. The van der Waals surface area contributed by atoms with Crippen LogP contribution in [0.25, 0.3) is 0 Å². The quantitative estimate of drug-likeness (QED) is 0.686. The molecule has 1 unspecified atom stereocenters. The number of methoxy groups -OCH3 is 2. The van der Waals surface area contributed by atoms with Gasteiger partial charge >= 0.3 is 0 Å². The highest BCUT2D eigenvalue weighted by atomic mass is 35.5. The Kier molecular flexibility index (Phi) is 6.77. The fraction of sp³-hybridized carbons (Fsp3) is 0.364. The zero-order chi connectivity index (χ0) is 21.0. The Labute approximate surface area is 176 Å². The lowest BCUT2D eigenvalue weighted by Gasteiger charge is -2.25. The average Bonchev–Trinajstić information content (AvgIpc) is 3.18. The summed E-state index contributed by atoms with van der Waals surface area (Å²) < 4.78 is 10.9. The van der Waals surface area contributed by atoms with E-state index in [1.54, 1.807) is 19.2 Å². The Morgan fingerprint density at radius 1 is 1.24 bits per heavy atom. The number of amides is 1. The molecule has 6 nitrogen and oxygen atoms in total. The summed E-state index contributed by atoms with van der Waals surface area (Å²) >= 11 is 6.40. The molecule has 1 atom stereocenters. The van der Waals surface area contributed by atoms with Gasteiger partial charge in [0.2, 0.25) is 0 Å². The van der Waals surface area contributed by atoms with Crippen molar-refractivity contribution in [2.24, 2.45) is 5.10 Å². The number of hydrogen-bond acceptors (Lipinski definition) is 5. The van der Waals surface area contributed by atoms with Crippen molar-refractivity contribution in [3.63, 3.8) is 0 Å². The van der Waals surface area contributed by atoms with E-state index in [1.807, 2.05) is 61.3 Å². The molecule has 0 N–H and O–H groups in total. The minimum Gasteiger partial charge on any atom is -0.497 e. The fourth-order valence-corrected chi connectivity index (χ4v) is 3.59. The first kappa shape index (κ1) is 21.1. The lowest BCUT2D eigenvalue weighted by molar-refractivity contribution is -0.133. The molecule has 0 fully saturated rings. The van der Waals surface area contributed by atoms with Gasteiger partial charge in [-0.1, -0.05) is 36.7 Å². The van der Waals surface area contributed by atoms with Crippen molar-refractivity contribution in [2.45, 2.75) is 19.4 Å². The highest BCUT2D eigenvalue weighted by molar-refractivity contribution is 6.34. The van der Waals surface area contributed by atoms with E-state index in [-0.39, 0.29) is 18.5 Å². The minimum atomic E-state index is -0.278. The summed E-state index contributed by atoms with van der Waals surface area (Å²) in [6.45, 7) is 3.07. The van der Waals surface area contributed by atoms with Crippen LogP contribution in [-0.4, -0.2) is 55.9 Å². The topological polar surface area (TPSA) is 54.4 Å². The highest BCUT2D eigenvalue weighted by Gasteiger charge is 2.35. The Bertz CT molecular complexity index is 916. The molecule has 0 saturated heterocycles. The van der Waals surface area contributed by atoms with E-state index in [1.165, 1.54) is 0 Å². The number of ether oxygens (including phenoxy) is 2. The maximum atomic E-state index is 13.1. The van der Waals surface area contributed by atoms with Crippen molar-refractivity contribution in [2.75, 3.05) is 34.4 Å². The molecule has 0 aliphatic carbocycles. The number of rotatable bonds is 7. The number of hydrogen-bond donors (Lipinski definition) is 0. The van der Waals surface area contributed by atoms with E-state index in [0.29, 0.717) is 22.9 Å². The van der Waals surface area contributed by atoms with Crippen LogP contribution < -0.4 is 9.47 Å². The Hall–Kier alpha value is -2.57. The molecule has 0 saturated carbocycles. The van der Waals surface area contributed by atoms with Gasteiger partial charge < -0.3 is 9.47 Å². The van der Waals surface area contributed by atoms with Crippen LogP contribution in [-0.2, 0) is 4.79 Å². The molecule has 1 amide bonds. The van der Waals surface area contributed by atoms with Crippen molar-refractivity contribution < 1.29 is 14.3 Å². The van der Waals surface area contributed by atoms with Crippen molar-refractivity contribution in [1.82, 2.24) is 9.91 Å². The molecule has 154 valence electrons. The third-order valence-corrected chi connectivity index (χ3v) is 5.42. The van der Waals surface area contributed by atoms with Crippen LogP contribution in [0.5, 0.6) is 11.5 Å². The standard InChI is InChI=1S/C22H26ClN3O3/c1-5-25(2)14-22(27)26-20(17-11-10-15(28-3)12-21(17)29-4)13-19(24-26)16-8-6-7-9-18(16)23/h6-12,20H,5,13-14H2,1-4H3. The summed E-state index contributed by atoms with van der Waals surface area (Å²) in [7, 11) is 5.13. The van der Waals surface area contributed by atoms with Crippen molar-refractivity contribution in [1.29, 1.82) is 0 Å². The number of likely N-dealkylation sites (N-methyl/N-ethyl adjacent to an activating group) is 1. The monoisotopic (exact) mass is 415 g/mol. The van der Waals surface area contributed by atoms with Crippen LogP contribution in [0.1, 0.15) is 30.5 Å². The van der Waals surface area contributed by atoms with Gasteiger partial charge in [-0.15, -0.1) is 0 Å². The highest BCUT2D eigenvalue weighted by Crippen LogP contribution is 2.39. The third kappa shape index (κ3) is 4.54. The summed E-state index contributed by atoms with van der Waals surface area (Å²) in [5.41, 5.74) is 2.50. The van der Waals surface area contributed by atoms with Gasteiger partial charge in [-0.3, -0.25) is 9.69 Å². The van der Waals surface area contributed by atoms with Gasteiger partial charge in [-0.25, -0.2) is 5.01 Å². The van der Waals surface area contributed by atoms with Gasteiger partial charge in [0.1, 0.15) is 11.5 Å². The smallest absolute Gasteiger partial charge is 0.257 e. The molecule has 0 bridgehead atoms. The lowest BCUT2D eigenvalue weighted by atomic mass is 9.97. The van der Waals surface area contributed by atoms with Crippen LogP contribution in [0, 0.1) is 0 Å². The molecule has 2 aromatic carbocycles. The summed E-state index contributed by atoms with van der Waals surface area (Å²) in [4.78, 5) is 15.0. The summed E-state index contributed by atoms with van der Waals surface area (Å²) in [6, 6.07) is 12.9. The SMILES string of the molecule is CCN(C)CC(=O)N1N=C(c2ccccc2Cl)CC1c1ccc(OC)cc1OC. The Morgan fingerprint density at radius 3 is 2.66 bits per heavy atom. The second-order valence-corrected chi connectivity index (χ2v) is 7.33. The van der Waals surface area contributed by atoms with Crippen molar-refractivity contribution in [3.05, 3.63) is 58.6 Å². The number of carbonyl (C=O) groups is 1. The Morgan fingerprint density at radius 2 is 2.00 bits per heavy atom. The number of halogens is 1. The zero-order valence-electron chi connectivity index (χ0n) is 17.2. The minimum absolute atomic E-state index is 0.0701. The van der Waals surface area contributed by atoms with Crippen LogP contribution >= 0.6 is 11.6 Å². The molecule has 2 aromatic rings. The molecular weight excluding hydrogens is 390 g/mol. The van der Waals surface area contributed by atoms with Gasteiger partial charge in [-0.2, -0.15) is 5.10 Å². The predicted molar refractivity (Wildman–Crippen MR) is 115 cm³/mol. The second-order valence-electron chi connectivity index (χ2n) is 6.92. The zero-order valence-corrected chi connectivity index (χ0v) is 17.9. The summed E-state index contributed by atoms with van der Waals surface area (Å²) in [6.07, 6.45) is 0.550. The van der Waals surface area contributed by atoms with E-state index in [4.69, 9.17) is 21.1 Å². The predicted octanol–water partition coefficient (Wildman–Crippen LogP) is 3.99. The van der Waals surface area contributed by atoms with Crippen molar-refractivity contribution >= 4 is 23.2 Å². The maximum absolute atomic E-state index is 13.1. The lowest BCUT2D eigenvalue weighted by Crippen LogP contribution is -2.36. The van der Waals surface area contributed by atoms with E-state index in [2.05, 4.69) is 5.10 Å². The van der Waals surface area contributed by atoms with Crippen LogP contribution in [0.2, 0.25) is 5.02 Å².